The molecule has 0 spiro atoms. The first kappa shape index (κ1) is 15.3. The van der Waals surface area contributed by atoms with Gasteiger partial charge in [0.2, 0.25) is 0 Å². The van der Waals surface area contributed by atoms with Gasteiger partial charge in [-0.25, -0.2) is 0 Å². The van der Waals surface area contributed by atoms with Crippen LogP contribution in [0, 0.1) is 11.8 Å². The fourth-order valence-electron chi connectivity index (χ4n) is 3.59. The van der Waals surface area contributed by atoms with Gasteiger partial charge in [-0.05, 0) is 37.6 Å². The largest absolute Gasteiger partial charge is 0.350 e. The summed E-state index contributed by atoms with van der Waals surface area (Å²) >= 11 is 0. The molecule has 1 saturated carbocycles. The minimum Gasteiger partial charge on any atom is -0.350 e. The van der Waals surface area contributed by atoms with Gasteiger partial charge in [0.15, 0.2) is 6.29 Å². The van der Waals surface area contributed by atoms with Crippen LogP contribution in [0.3, 0.4) is 0 Å². The highest BCUT2D eigenvalue weighted by atomic mass is 16.7. The summed E-state index contributed by atoms with van der Waals surface area (Å²) < 4.78 is 11.3. The molecule has 3 heteroatoms. The van der Waals surface area contributed by atoms with E-state index in [9.17, 15) is 0 Å². The Labute approximate surface area is 118 Å². The molecule has 2 aliphatic rings. The first-order valence-corrected chi connectivity index (χ1v) is 8.30. The van der Waals surface area contributed by atoms with Crippen molar-refractivity contribution in [1.29, 1.82) is 0 Å². The number of hydrogen-bond acceptors (Lipinski definition) is 3. The van der Waals surface area contributed by atoms with Crippen molar-refractivity contribution in [1.82, 2.24) is 5.32 Å². The van der Waals surface area contributed by atoms with Crippen LogP contribution in [0.1, 0.15) is 58.8 Å². The van der Waals surface area contributed by atoms with Gasteiger partial charge in [0, 0.05) is 12.5 Å². The number of rotatable bonds is 7. The molecule has 0 aromatic carbocycles. The Morgan fingerprint density at radius 2 is 1.95 bits per heavy atom. The Balaban J connectivity index is 1.87. The normalized spacial score (nSPS) is 30.6. The Kier molecular flexibility index (Phi) is 6.62. The maximum atomic E-state index is 5.65. The third-order valence-corrected chi connectivity index (χ3v) is 4.76. The lowest BCUT2D eigenvalue weighted by Gasteiger charge is -2.35. The van der Waals surface area contributed by atoms with E-state index in [0.29, 0.717) is 6.04 Å². The van der Waals surface area contributed by atoms with E-state index in [4.69, 9.17) is 9.47 Å². The van der Waals surface area contributed by atoms with Gasteiger partial charge in [0.1, 0.15) is 0 Å². The maximum absolute atomic E-state index is 5.65. The van der Waals surface area contributed by atoms with Gasteiger partial charge in [-0.3, -0.25) is 0 Å². The van der Waals surface area contributed by atoms with Gasteiger partial charge in [0.05, 0.1) is 13.2 Å². The molecule has 0 aromatic rings. The van der Waals surface area contributed by atoms with Crippen molar-refractivity contribution >= 4 is 0 Å². The number of hydrogen-bond donors (Lipinski definition) is 1. The summed E-state index contributed by atoms with van der Waals surface area (Å²) in [5.74, 6) is 1.76. The molecular formula is C16H31NO2. The molecule has 1 aliphatic heterocycles. The lowest BCUT2D eigenvalue weighted by molar-refractivity contribution is -0.0583. The molecule has 1 N–H and O–H groups in total. The standard InChI is InChI=1S/C16H31NO2/c1-3-8-17-15(12-16-18-9-10-19-16)14-7-5-6-13(4-2)11-14/h13-17H,3-12H2,1-2H3. The van der Waals surface area contributed by atoms with Crippen molar-refractivity contribution in [3.8, 4) is 0 Å². The number of nitrogens with one attached hydrogen (secondary N) is 1. The zero-order chi connectivity index (χ0) is 13.5. The smallest absolute Gasteiger partial charge is 0.159 e. The first-order valence-electron chi connectivity index (χ1n) is 8.30. The lowest BCUT2D eigenvalue weighted by atomic mass is 9.76. The zero-order valence-electron chi connectivity index (χ0n) is 12.7. The molecule has 0 aromatic heterocycles. The van der Waals surface area contributed by atoms with Crippen molar-refractivity contribution in [3.05, 3.63) is 0 Å². The van der Waals surface area contributed by atoms with E-state index in [1.165, 1.54) is 38.5 Å². The highest BCUT2D eigenvalue weighted by molar-refractivity contribution is 4.83. The van der Waals surface area contributed by atoms with E-state index in [-0.39, 0.29) is 6.29 Å². The molecule has 3 unspecified atom stereocenters. The van der Waals surface area contributed by atoms with Gasteiger partial charge >= 0.3 is 0 Å². The van der Waals surface area contributed by atoms with Gasteiger partial charge in [-0.1, -0.05) is 33.1 Å². The Hall–Kier alpha value is -0.120. The van der Waals surface area contributed by atoms with Crippen LogP contribution >= 0.6 is 0 Å². The van der Waals surface area contributed by atoms with Crippen molar-refractivity contribution in [2.24, 2.45) is 11.8 Å². The highest BCUT2D eigenvalue weighted by Gasteiger charge is 2.30. The molecule has 2 rings (SSSR count). The van der Waals surface area contributed by atoms with Crippen molar-refractivity contribution < 1.29 is 9.47 Å². The second-order valence-electron chi connectivity index (χ2n) is 6.17. The summed E-state index contributed by atoms with van der Waals surface area (Å²) in [6.45, 7) is 7.23. The molecule has 1 aliphatic carbocycles. The Bertz CT molecular complexity index is 241. The van der Waals surface area contributed by atoms with Gasteiger partial charge < -0.3 is 14.8 Å². The molecule has 0 radical (unpaired) electrons. The van der Waals surface area contributed by atoms with Crippen LogP contribution in [-0.4, -0.2) is 32.1 Å². The second kappa shape index (κ2) is 8.23. The van der Waals surface area contributed by atoms with Crippen LogP contribution in [0.4, 0.5) is 0 Å². The maximum Gasteiger partial charge on any atom is 0.159 e. The summed E-state index contributed by atoms with van der Waals surface area (Å²) in [6.07, 6.45) is 9.22. The van der Waals surface area contributed by atoms with E-state index in [2.05, 4.69) is 19.2 Å². The van der Waals surface area contributed by atoms with Crippen LogP contribution in [-0.2, 0) is 9.47 Å². The first-order chi connectivity index (χ1) is 9.33. The minimum absolute atomic E-state index is 0.0383. The number of ether oxygens (including phenoxy) is 2. The molecule has 1 saturated heterocycles. The van der Waals surface area contributed by atoms with Crippen LogP contribution in [0.25, 0.3) is 0 Å². The van der Waals surface area contributed by atoms with Crippen LogP contribution < -0.4 is 5.32 Å². The minimum atomic E-state index is 0.0383. The zero-order valence-corrected chi connectivity index (χ0v) is 12.7. The van der Waals surface area contributed by atoms with E-state index in [1.54, 1.807) is 0 Å². The summed E-state index contributed by atoms with van der Waals surface area (Å²) in [6, 6.07) is 0.581. The van der Waals surface area contributed by atoms with E-state index < -0.39 is 0 Å². The molecule has 0 bridgehead atoms. The molecule has 1 heterocycles. The summed E-state index contributed by atoms with van der Waals surface area (Å²) in [5.41, 5.74) is 0. The Morgan fingerprint density at radius 1 is 1.16 bits per heavy atom. The third-order valence-electron chi connectivity index (χ3n) is 4.76. The van der Waals surface area contributed by atoms with Crippen molar-refractivity contribution in [3.63, 3.8) is 0 Å². The van der Waals surface area contributed by atoms with Gasteiger partial charge in [0.25, 0.3) is 0 Å². The molecule has 3 nitrogen and oxygen atoms in total. The Morgan fingerprint density at radius 3 is 2.63 bits per heavy atom. The van der Waals surface area contributed by atoms with Gasteiger partial charge in [-0.15, -0.1) is 0 Å². The van der Waals surface area contributed by atoms with Crippen molar-refractivity contribution in [2.45, 2.75) is 71.1 Å². The van der Waals surface area contributed by atoms with E-state index >= 15 is 0 Å². The molecular weight excluding hydrogens is 238 g/mol. The van der Waals surface area contributed by atoms with Gasteiger partial charge in [-0.2, -0.15) is 0 Å². The predicted molar refractivity (Wildman–Crippen MR) is 78.1 cm³/mol. The van der Waals surface area contributed by atoms with Crippen LogP contribution in [0.15, 0.2) is 0 Å². The fourth-order valence-corrected chi connectivity index (χ4v) is 3.59. The lowest BCUT2D eigenvalue weighted by Crippen LogP contribution is -2.41. The topological polar surface area (TPSA) is 30.5 Å². The summed E-state index contributed by atoms with van der Waals surface area (Å²) in [5, 5.41) is 3.75. The third kappa shape index (κ3) is 4.73. The average molecular weight is 269 g/mol. The monoisotopic (exact) mass is 269 g/mol. The SMILES string of the molecule is CCCNC(CC1OCCO1)C1CCCC(CC)C1. The fraction of sp³-hybridized carbons (Fsp3) is 1.00. The van der Waals surface area contributed by atoms with E-state index in [0.717, 1.165) is 38.0 Å². The summed E-state index contributed by atoms with van der Waals surface area (Å²) in [4.78, 5) is 0. The average Bonchev–Trinajstić information content (AvgIpc) is 2.96. The molecule has 19 heavy (non-hydrogen) atoms. The van der Waals surface area contributed by atoms with Crippen LogP contribution in [0.5, 0.6) is 0 Å². The molecule has 2 fully saturated rings. The quantitative estimate of drug-likeness (QED) is 0.769. The second-order valence-corrected chi connectivity index (χ2v) is 6.17. The summed E-state index contributed by atoms with van der Waals surface area (Å²) in [7, 11) is 0. The van der Waals surface area contributed by atoms with Crippen LogP contribution in [0.2, 0.25) is 0 Å². The molecule has 0 amide bonds. The molecule has 112 valence electrons. The predicted octanol–water partition coefficient (Wildman–Crippen LogP) is 3.33. The van der Waals surface area contributed by atoms with E-state index in [1.807, 2.05) is 0 Å². The highest BCUT2D eigenvalue weighted by Crippen LogP contribution is 2.34. The molecule has 3 atom stereocenters. The van der Waals surface area contributed by atoms with Crippen molar-refractivity contribution in [2.75, 3.05) is 19.8 Å².